The minimum absolute atomic E-state index is 0.0297. The minimum Gasteiger partial charge on any atom is -0.465 e. The Labute approximate surface area is 262 Å². The number of halogens is 1. The molecule has 0 aliphatic carbocycles. The summed E-state index contributed by atoms with van der Waals surface area (Å²) < 4.78 is 33.5. The molecule has 1 aromatic carbocycles. The number of H-pyrrole nitrogens is 1. The van der Waals surface area contributed by atoms with E-state index in [1.807, 2.05) is 6.92 Å². The standard InChI is InChI=1S/C27H32ClN7O7S2/c1-3-42-22(37)12-31-20(36)10-17-13-34(44(40,41)21-9-15-8-16(28)4-5-18(15)32-21)6-7-35(17)27(39)26-33-24-19(43-26)11-30-14(2)23(24)25(29)38/h4-5,8-9,14,17,23,30,32H,3,6-7,10-13H2,1-2H3,(H2,29,38)(H,31,36). The highest BCUT2D eigenvalue weighted by molar-refractivity contribution is 7.89. The average Bonchev–Trinajstić information content (AvgIpc) is 3.60. The number of thiazole rings is 1. The molecule has 0 bridgehead atoms. The van der Waals surface area contributed by atoms with E-state index in [0.29, 0.717) is 33.0 Å². The summed E-state index contributed by atoms with van der Waals surface area (Å²) >= 11 is 7.20. The predicted molar refractivity (Wildman–Crippen MR) is 162 cm³/mol. The average molecular weight is 666 g/mol. The van der Waals surface area contributed by atoms with Crippen molar-refractivity contribution in [3.05, 3.63) is 44.9 Å². The topological polar surface area (TPSA) is 197 Å². The van der Waals surface area contributed by atoms with Crippen LogP contribution in [0.15, 0.2) is 29.3 Å². The number of aromatic nitrogens is 2. The zero-order chi connectivity index (χ0) is 31.8. The fourth-order valence-corrected chi connectivity index (χ4v) is 8.13. The van der Waals surface area contributed by atoms with Crippen molar-refractivity contribution in [3.8, 4) is 0 Å². The van der Waals surface area contributed by atoms with E-state index in [9.17, 15) is 27.6 Å². The molecule has 17 heteroatoms. The second-order valence-electron chi connectivity index (χ2n) is 10.5. The first-order valence-electron chi connectivity index (χ1n) is 13.9. The molecule has 2 aliphatic heterocycles. The van der Waals surface area contributed by atoms with Gasteiger partial charge in [0, 0.05) is 59.4 Å². The highest BCUT2D eigenvalue weighted by Crippen LogP contribution is 2.33. The normalized spacial score (nSPS) is 20.7. The number of fused-ring (bicyclic) bond motifs is 2. The van der Waals surface area contributed by atoms with Crippen LogP contribution >= 0.6 is 22.9 Å². The van der Waals surface area contributed by atoms with Crippen LogP contribution in [0, 0.1) is 0 Å². The molecule has 3 aromatic rings. The Balaban J connectivity index is 1.41. The van der Waals surface area contributed by atoms with Crippen LogP contribution in [-0.2, 0) is 35.7 Å². The first-order valence-corrected chi connectivity index (χ1v) is 16.6. The Morgan fingerprint density at radius 1 is 1.23 bits per heavy atom. The maximum absolute atomic E-state index is 13.8. The molecule has 2 aliphatic rings. The molecule has 1 saturated heterocycles. The Morgan fingerprint density at radius 2 is 2.00 bits per heavy atom. The molecule has 2 aromatic heterocycles. The van der Waals surface area contributed by atoms with Gasteiger partial charge in [0.05, 0.1) is 24.3 Å². The molecule has 0 radical (unpaired) electrons. The molecule has 4 heterocycles. The number of sulfonamides is 1. The smallest absolute Gasteiger partial charge is 0.325 e. The number of aromatic amines is 1. The molecule has 1 fully saturated rings. The van der Waals surface area contributed by atoms with Gasteiger partial charge < -0.3 is 31.0 Å². The fraction of sp³-hybridized carbons (Fsp3) is 0.444. The molecule has 3 unspecified atom stereocenters. The SMILES string of the molecule is CCOC(=O)CNC(=O)CC1CN(S(=O)(=O)c2cc3cc(Cl)ccc3[nH]2)CCN1C(=O)c1nc2c(s1)CNC(C)C2C(N)=O. The molecule has 3 atom stereocenters. The number of piperazine rings is 1. The fourth-order valence-electron chi connectivity index (χ4n) is 5.45. The van der Waals surface area contributed by atoms with Crippen molar-refractivity contribution >= 4 is 67.6 Å². The van der Waals surface area contributed by atoms with Crippen LogP contribution in [0.4, 0.5) is 0 Å². The number of primary amides is 1. The highest BCUT2D eigenvalue weighted by atomic mass is 35.5. The summed E-state index contributed by atoms with van der Waals surface area (Å²) in [5.74, 6) is -2.97. The third-order valence-corrected chi connectivity index (χ3v) is 10.7. The lowest BCUT2D eigenvalue weighted by Crippen LogP contribution is -2.57. The number of rotatable bonds is 9. The molecule has 44 heavy (non-hydrogen) atoms. The van der Waals surface area contributed by atoms with E-state index in [4.69, 9.17) is 22.1 Å². The molecule has 5 rings (SSSR count). The van der Waals surface area contributed by atoms with Gasteiger partial charge in [-0.25, -0.2) is 13.4 Å². The summed E-state index contributed by atoms with van der Waals surface area (Å²) in [5.41, 5.74) is 6.65. The third-order valence-electron chi connectivity index (χ3n) is 7.63. The van der Waals surface area contributed by atoms with Gasteiger partial charge in [-0.2, -0.15) is 4.31 Å². The quantitative estimate of drug-likeness (QED) is 0.240. The Hall–Kier alpha value is -3.57. The van der Waals surface area contributed by atoms with Crippen LogP contribution < -0.4 is 16.4 Å². The number of nitrogens with zero attached hydrogens (tertiary/aromatic N) is 3. The summed E-state index contributed by atoms with van der Waals surface area (Å²) in [6.07, 6.45) is -0.285. The summed E-state index contributed by atoms with van der Waals surface area (Å²) in [5, 5.41) is 6.80. The first-order chi connectivity index (χ1) is 20.9. The maximum atomic E-state index is 13.8. The second kappa shape index (κ2) is 12.8. The zero-order valence-corrected chi connectivity index (χ0v) is 26.4. The van der Waals surface area contributed by atoms with E-state index in [-0.39, 0.29) is 55.3 Å². The van der Waals surface area contributed by atoms with Crippen LogP contribution in [0.3, 0.4) is 0 Å². The van der Waals surface area contributed by atoms with Gasteiger partial charge in [0.2, 0.25) is 11.8 Å². The number of benzene rings is 1. The van der Waals surface area contributed by atoms with Crippen LogP contribution in [0.2, 0.25) is 5.02 Å². The predicted octanol–water partition coefficient (Wildman–Crippen LogP) is 0.923. The molecule has 5 N–H and O–H groups in total. The third kappa shape index (κ3) is 6.44. The van der Waals surface area contributed by atoms with Crippen molar-refractivity contribution in [2.75, 3.05) is 32.8 Å². The van der Waals surface area contributed by atoms with Crippen LogP contribution in [0.25, 0.3) is 10.9 Å². The van der Waals surface area contributed by atoms with Gasteiger partial charge in [0.15, 0.2) is 5.01 Å². The molecule has 0 spiro atoms. The van der Waals surface area contributed by atoms with Gasteiger partial charge in [-0.15, -0.1) is 11.3 Å². The van der Waals surface area contributed by atoms with Crippen molar-refractivity contribution in [1.82, 2.24) is 29.8 Å². The Kier molecular flexibility index (Phi) is 9.27. The number of esters is 1. The first kappa shape index (κ1) is 31.8. The van der Waals surface area contributed by atoms with Crippen LogP contribution in [-0.4, -0.2) is 96.2 Å². The number of amides is 3. The number of nitrogens with two attached hydrogens (primary N) is 1. The molecular weight excluding hydrogens is 634 g/mol. The summed E-state index contributed by atoms with van der Waals surface area (Å²) in [6.45, 7) is 3.38. The molecule has 3 amide bonds. The van der Waals surface area contributed by atoms with Gasteiger partial charge >= 0.3 is 5.97 Å². The number of hydrogen-bond donors (Lipinski definition) is 4. The van der Waals surface area contributed by atoms with E-state index >= 15 is 0 Å². The lowest BCUT2D eigenvalue weighted by Gasteiger charge is -2.40. The van der Waals surface area contributed by atoms with E-state index in [1.165, 1.54) is 15.3 Å². The van der Waals surface area contributed by atoms with Crippen molar-refractivity contribution < 1.29 is 32.3 Å². The number of carbonyl (C=O) groups excluding carboxylic acids is 4. The highest BCUT2D eigenvalue weighted by Gasteiger charge is 2.41. The molecular formula is C27H32ClN7O7S2. The van der Waals surface area contributed by atoms with Gasteiger partial charge in [-0.3, -0.25) is 19.2 Å². The van der Waals surface area contributed by atoms with E-state index in [1.54, 1.807) is 25.1 Å². The van der Waals surface area contributed by atoms with E-state index in [0.717, 1.165) is 11.3 Å². The monoisotopic (exact) mass is 665 g/mol. The van der Waals surface area contributed by atoms with Crippen molar-refractivity contribution in [2.45, 2.75) is 49.8 Å². The molecule has 236 valence electrons. The molecule has 14 nitrogen and oxygen atoms in total. The molecule has 0 saturated carbocycles. The number of carbonyl (C=O) groups is 4. The van der Waals surface area contributed by atoms with Crippen molar-refractivity contribution in [3.63, 3.8) is 0 Å². The van der Waals surface area contributed by atoms with Gasteiger partial charge in [0.25, 0.3) is 15.9 Å². The maximum Gasteiger partial charge on any atom is 0.325 e. The van der Waals surface area contributed by atoms with Gasteiger partial charge in [0.1, 0.15) is 11.6 Å². The zero-order valence-electron chi connectivity index (χ0n) is 24.0. The van der Waals surface area contributed by atoms with Gasteiger partial charge in [-0.1, -0.05) is 11.6 Å². The largest absolute Gasteiger partial charge is 0.465 e. The number of ether oxygens (including phenoxy) is 1. The summed E-state index contributed by atoms with van der Waals surface area (Å²) in [7, 11) is -4.06. The second-order valence-corrected chi connectivity index (χ2v) is 14.0. The van der Waals surface area contributed by atoms with Crippen molar-refractivity contribution in [1.29, 1.82) is 0 Å². The lowest BCUT2D eigenvalue weighted by molar-refractivity contribution is -0.143. The van der Waals surface area contributed by atoms with Crippen molar-refractivity contribution in [2.24, 2.45) is 5.73 Å². The Morgan fingerprint density at radius 3 is 2.73 bits per heavy atom. The van der Waals surface area contributed by atoms with Crippen LogP contribution in [0.1, 0.15) is 46.6 Å². The van der Waals surface area contributed by atoms with Crippen LogP contribution in [0.5, 0.6) is 0 Å². The number of hydrogen-bond acceptors (Lipinski definition) is 10. The van der Waals surface area contributed by atoms with E-state index in [2.05, 4.69) is 20.6 Å². The van der Waals surface area contributed by atoms with E-state index < -0.39 is 45.7 Å². The lowest BCUT2D eigenvalue weighted by atomic mass is 9.93. The summed E-state index contributed by atoms with van der Waals surface area (Å²) in [4.78, 5) is 60.2. The Bertz CT molecular complexity index is 1720. The number of nitrogens with one attached hydrogen (secondary N) is 3. The van der Waals surface area contributed by atoms with Gasteiger partial charge in [-0.05, 0) is 38.1 Å². The minimum atomic E-state index is -4.06. The summed E-state index contributed by atoms with van der Waals surface area (Å²) in [6, 6.07) is 5.29.